The molecule has 2 aromatic heterocycles. The number of halogens is 2. The first-order valence-electron chi connectivity index (χ1n) is 11.7. The van der Waals surface area contributed by atoms with Crippen LogP contribution in [0.25, 0.3) is 11.0 Å². The monoisotopic (exact) mass is 506 g/mol. The molecule has 9 heteroatoms. The number of nitrogens with zero attached hydrogens (tertiary/aromatic N) is 5. The van der Waals surface area contributed by atoms with E-state index >= 15 is 0 Å². The fraction of sp³-hybridized carbons (Fsp3) is 0.269. The minimum Gasteiger partial charge on any atom is -0.344 e. The van der Waals surface area contributed by atoms with Gasteiger partial charge >= 0.3 is 0 Å². The Morgan fingerprint density at radius 3 is 2.86 bits per heavy atom. The molecule has 2 aliphatic heterocycles. The smallest absolute Gasteiger partial charge is 0.254 e. The maximum Gasteiger partial charge on any atom is 0.254 e. The van der Waals surface area contributed by atoms with Crippen molar-refractivity contribution in [2.45, 2.75) is 38.4 Å². The Balaban J connectivity index is 1.36. The summed E-state index contributed by atoms with van der Waals surface area (Å²) in [4.78, 5) is 20.7. The Hall–Kier alpha value is -3.29. The second-order valence-corrected chi connectivity index (χ2v) is 9.90. The predicted molar refractivity (Wildman–Crippen MR) is 138 cm³/mol. The lowest BCUT2D eigenvalue weighted by molar-refractivity contribution is -0.128. The molecule has 1 fully saturated rings. The van der Waals surface area contributed by atoms with Crippen molar-refractivity contribution in [2.75, 3.05) is 11.9 Å². The maximum absolute atomic E-state index is 14.2. The van der Waals surface area contributed by atoms with Crippen LogP contribution in [-0.4, -0.2) is 42.7 Å². The Bertz CT molecular complexity index is 1470. The number of aromatic nitrogens is 4. The van der Waals surface area contributed by atoms with Crippen LogP contribution in [0.15, 0.2) is 72.3 Å². The minimum atomic E-state index is -0.404. The van der Waals surface area contributed by atoms with Gasteiger partial charge in [0.2, 0.25) is 0 Å². The highest BCUT2D eigenvalue weighted by atomic mass is 35.5. The fourth-order valence-corrected chi connectivity index (χ4v) is 5.61. The largest absolute Gasteiger partial charge is 0.344 e. The zero-order chi connectivity index (χ0) is 24.1. The number of para-hydroxylation sites is 2. The van der Waals surface area contributed by atoms with E-state index in [2.05, 4.69) is 26.0 Å². The van der Waals surface area contributed by atoms with Gasteiger partial charge in [-0.2, -0.15) is 5.10 Å². The summed E-state index contributed by atoms with van der Waals surface area (Å²) < 4.78 is 3.99. The zero-order valence-electron chi connectivity index (χ0n) is 19.2. The third kappa shape index (κ3) is 3.79. The van der Waals surface area contributed by atoms with Gasteiger partial charge in [0.05, 0.1) is 45.2 Å². The molecule has 1 N–H and O–H groups in total. The average Bonchev–Trinajstić information content (AvgIpc) is 3.60. The number of anilines is 1. The van der Waals surface area contributed by atoms with Gasteiger partial charge in [0, 0.05) is 24.9 Å². The van der Waals surface area contributed by atoms with Gasteiger partial charge in [-0.15, -0.1) is 0 Å². The SMILES string of the molecule is CC1=C(C(=O)N2CCC[C@H]2Cn2cnc3ccccc32)C(c2ccc(Cl)c(Cl)c2)n2nccc2N1. The highest BCUT2D eigenvalue weighted by Gasteiger charge is 2.38. The van der Waals surface area contributed by atoms with E-state index in [1.54, 1.807) is 12.3 Å². The molecule has 7 nitrogen and oxygen atoms in total. The Kier molecular flexibility index (Phi) is 5.54. The zero-order valence-corrected chi connectivity index (χ0v) is 20.7. The predicted octanol–water partition coefficient (Wildman–Crippen LogP) is 5.52. The number of rotatable bonds is 4. The molecule has 4 aromatic rings. The van der Waals surface area contributed by atoms with E-state index in [4.69, 9.17) is 23.2 Å². The van der Waals surface area contributed by atoms with Crippen molar-refractivity contribution < 1.29 is 4.79 Å². The molecule has 4 heterocycles. The van der Waals surface area contributed by atoms with Crippen molar-refractivity contribution >= 4 is 46.0 Å². The highest BCUT2D eigenvalue weighted by molar-refractivity contribution is 6.42. The average molecular weight is 507 g/mol. The van der Waals surface area contributed by atoms with Crippen LogP contribution < -0.4 is 5.32 Å². The molecule has 178 valence electrons. The molecule has 0 aliphatic carbocycles. The second-order valence-electron chi connectivity index (χ2n) is 9.08. The van der Waals surface area contributed by atoms with E-state index in [-0.39, 0.29) is 11.9 Å². The van der Waals surface area contributed by atoms with E-state index in [0.29, 0.717) is 28.7 Å². The summed E-state index contributed by atoms with van der Waals surface area (Å²) in [5.74, 6) is 0.845. The van der Waals surface area contributed by atoms with Crippen LogP contribution in [0.4, 0.5) is 5.82 Å². The summed E-state index contributed by atoms with van der Waals surface area (Å²) in [6.45, 7) is 3.37. The molecule has 1 unspecified atom stereocenters. The number of carbonyl (C=O) groups excluding carboxylic acids is 1. The molecule has 0 radical (unpaired) electrons. The molecule has 2 atom stereocenters. The van der Waals surface area contributed by atoms with Crippen molar-refractivity contribution in [3.05, 3.63) is 87.9 Å². The van der Waals surface area contributed by atoms with Gasteiger partial charge in [-0.3, -0.25) is 4.79 Å². The standard InChI is InChI=1S/C26H24Cl2N6O/c1-16-24(25(34-23(31-16)10-11-30-34)17-8-9-19(27)20(28)13-17)26(35)33-12-4-5-18(33)14-32-15-29-21-6-2-3-7-22(21)32/h2-3,6-11,13,15,18,25,31H,4-5,12,14H2,1H3/t18-,25?/m0/s1. The van der Waals surface area contributed by atoms with Crippen LogP contribution >= 0.6 is 23.2 Å². The molecule has 6 rings (SSSR count). The summed E-state index contributed by atoms with van der Waals surface area (Å²) in [5.41, 5.74) is 4.39. The highest BCUT2D eigenvalue weighted by Crippen LogP contribution is 2.39. The van der Waals surface area contributed by atoms with Crippen molar-refractivity contribution in [3.63, 3.8) is 0 Å². The lowest BCUT2D eigenvalue weighted by atomic mass is 9.94. The number of amides is 1. The number of hydrogen-bond acceptors (Lipinski definition) is 4. The quantitative estimate of drug-likeness (QED) is 0.395. The van der Waals surface area contributed by atoms with Gasteiger partial charge in [0.25, 0.3) is 5.91 Å². The molecule has 1 amide bonds. The normalized spacial score (nSPS) is 19.8. The number of imidazole rings is 1. The molecule has 2 aliphatic rings. The molecular weight excluding hydrogens is 483 g/mol. The number of benzene rings is 2. The molecular formula is C26H24Cl2N6O. The third-order valence-corrected chi connectivity index (χ3v) is 7.71. The van der Waals surface area contributed by atoms with Crippen LogP contribution in [-0.2, 0) is 11.3 Å². The van der Waals surface area contributed by atoms with Crippen LogP contribution in [0.1, 0.15) is 31.4 Å². The van der Waals surface area contributed by atoms with E-state index < -0.39 is 6.04 Å². The van der Waals surface area contributed by atoms with Gasteiger partial charge in [0.15, 0.2) is 0 Å². The Morgan fingerprint density at radius 1 is 1.14 bits per heavy atom. The van der Waals surface area contributed by atoms with E-state index in [0.717, 1.165) is 41.0 Å². The minimum absolute atomic E-state index is 0.0131. The summed E-state index contributed by atoms with van der Waals surface area (Å²) in [7, 11) is 0. The number of hydrogen-bond donors (Lipinski definition) is 1. The van der Waals surface area contributed by atoms with Gasteiger partial charge < -0.3 is 14.8 Å². The molecule has 0 spiro atoms. The number of allylic oxidation sites excluding steroid dienone is 1. The van der Waals surface area contributed by atoms with Crippen LogP contribution in [0.2, 0.25) is 10.0 Å². The number of fused-ring (bicyclic) bond motifs is 2. The molecule has 2 aromatic carbocycles. The van der Waals surface area contributed by atoms with Crippen molar-refractivity contribution in [1.82, 2.24) is 24.2 Å². The number of carbonyl (C=O) groups is 1. The first kappa shape index (κ1) is 22.2. The van der Waals surface area contributed by atoms with Gasteiger partial charge in [-0.25, -0.2) is 9.67 Å². The van der Waals surface area contributed by atoms with Gasteiger partial charge in [0.1, 0.15) is 11.9 Å². The summed E-state index contributed by atoms with van der Waals surface area (Å²) >= 11 is 12.6. The Labute approximate surface area is 212 Å². The fourth-order valence-electron chi connectivity index (χ4n) is 5.30. The van der Waals surface area contributed by atoms with Crippen molar-refractivity contribution in [3.8, 4) is 0 Å². The summed E-state index contributed by atoms with van der Waals surface area (Å²) in [6.07, 6.45) is 5.51. The van der Waals surface area contributed by atoms with Crippen LogP contribution in [0, 0.1) is 0 Å². The maximum atomic E-state index is 14.2. The summed E-state index contributed by atoms with van der Waals surface area (Å²) in [6, 6.07) is 15.2. The second kappa shape index (κ2) is 8.73. The Morgan fingerprint density at radius 2 is 2.00 bits per heavy atom. The lowest BCUT2D eigenvalue weighted by Crippen LogP contribution is -2.42. The number of nitrogens with one attached hydrogen (secondary N) is 1. The topological polar surface area (TPSA) is 68.0 Å². The first-order chi connectivity index (χ1) is 17.0. The number of likely N-dealkylation sites (tertiary alicyclic amines) is 1. The molecule has 35 heavy (non-hydrogen) atoms. The van der Waals surface area contributed by atoms with Crippen molar-refractivity contribution in [1.29, 1.82) is 0 Å². The van der Waals surface area contributed by atoms with Gasteiger partial charge in [-0.1, -0.05) is 41.4 Å². The van der Waals surface area contributed by atoms with Gasteiger partial charge in [-0.05, 0) is 49.6 Å². The summed E-state index contributed by atoms with van der Waals surface area (Å²) in [5, 5.41) is 8.83. The molecule has 0 bridgehead atoms. The van der Waals surface area contributed by atoms with Crippen molar-refractivity contribution in [2.24, 2.45) is 0 Å². The van der Waals surface area contributed by atoms with E-state index in [9.17, 15) is 4.79 Å². The first-order valence-corrected chi connectivity index (χ1v) is 12.4. The molecule has 0 saturated carbocycles. The van der Waals surface area contributed by atoms with Crippen LogP contribution in [0.5, 0.6) is 0 Å². The van der Waals surface area contributed by atoms with E-state index in [1.807, 2.05) is 59.2 Å². The lowest BCUT2D eigenvalue weighted by Gasteiger charge is -2.34. The van der Waals surface area contributed by atoms with E-state index in [1.165, 1.54) is 0 Å². The molecule has 1 saturated heterocycles. The third-order valence-electron chi connectivity index (χ3n) is 6.97. The van der Waals surface area contributed by atoms with Crippen LogP contribution in [0.3, 0.4) is 0 Å².